The summed E-state index contributed by atoms with van der Waals surface area (Å²) < 4.78 is 32.0. The quantitative estimate of drug-likeness (QED) is 0.851. The summed E-state index contributed by atoms with van der Waals surface area (Å²) in [5.74, 6) is -0.0835. The number of nitrogens with one attached hydrogen (secondary N) is 1. The molecule has 1 heterocycles. The molecular formula is C15H22ClN3O4S. The van der Waals surface area contributed by atoms with Crippen LogP contribution in [0.15, 0.2) is 18.2 Å². The fraction of sp³-hybridized carbons (Fsp3) is 0.533. The van der Waals surface area contributed by atoms with Crippen molar-refractivity contribution in [2.75, 3.05) is 39.6 Å². The molecule has 0 bridgehead atoms. The van der Waals surface area contributed by atoms with Crippen LogP contribution in [-0.2, 0) is 15.0 Å². The van der Waals surface area contributed by atoms with Crippen molar-refractivity contribution in [3.05, 3.63) is 23.2 Å². The Labute approximate surface area is 147 Å². The molecule has 1 atom stereocenters. The number of rotatable bonds is 5. The molecule has 9 heteroatoms. The molecule has 24 heavy (non-hydrogen) atoms. The molecule has 0 saturated carbocycles. The zero-order valence-electron chi connectivity index (χ0n) is 14.0. The van der Waals surface area contributed by atoms with E-state index in [0.717, 1.165) is 4.31 Å². The number of hydrogen-bond donors (Lipinski definition) is 1. The fourth-order valence-electron chi connectivity index (χ4n) is 2.59. The summed E-state index contributed by atoms with van der Waals surface area (Å²) >= 11 is 6.05. The summed E-state index contributed by atoms with van der Waals surface area (Å²) in [6, 6.07) is 4.97. The van der Waals surface area contributed by atoms with Crippen LogP contribution in [0, 0.1) is 5.92 Å². The molecular weight excluding hydrogens is 354 g/mol. The molecule has 0 radical (unpaired) electrons. The van der Waals surface area contributed by atoms with Gasteiger partial charge in [-0.1, -0.05) is 11.6 Å². The first-order chi connectivity index (χ1) is 11.3. The van der Waals surface area contributed by atoms with Crippen LogP contribution in [-0.4, -0.2) is 57.2 Å². The minimum Gasteiger partial charge on any atom is -0.495 e. The molecule has 0 spiro atoms. The maximum absolute atomic E-state index is 12.5. The van der Waals surface area contributed by atoms with E-state index in [9.17, 15) is 13.2 Å². The van der Waals surface area contributed by atoms with Crippen LogP contribution < -0.4 is 10.1 Å². The van der Waals surface area contributed by atoms with Gasteiger partial charge in [0.25, 0.3) is 10.2 Å². The number of ether oxygens (including phenoxy) is 1. The summed E-state index contributed by atoms with van der Waals surface area (Å²) in [5.41, 5.74) is 0.554. The number of halogens is 1. The molecule has 0 aliphatic carbocycles. The largest absolute Gasteiger partial charge is 0.495 e. The van der Waals surface area contributed by atoms with Gasteiger partial charge in [0.1, 0.15) is 5.75 Å². The zero-order valence-corrected chi connectivity index (χ0v) is 15.5. The Kier molecular flexibility index (Phi) is 6.08. The Morgan fingerprint density at radius 1 is 1.42 bits per heavy atom. The molecule has 1 N–H and O–H groups in total. The summed E-state index contributed by atoms with van der Waals surface area (Å²) in [4.78, 5) is 12.5. The van der Waals surface area contributed by atoms with Crippen LogP contribution in [0.2, 0.25) is 5.02 Å². The highest BCUT2D eigenvalue weighted by Gasteiger charge is 2.33. The van der Waals surface area contributed by atoms with E-state index in [0.29, 0.717) is 35.8 Å². The van der Waals surface area contributed by atoms with Crippen LogP contribution in [0.1, 0.15) is 12.8 Å². The van der Waals surface area contributed by atoms with Gasteiger partial charge >= 0.3 is 0 Å². The van der Waals surface area contributed by atoms with Crippen molar-refractivity contribution < 1.29 is 17.9 Å². The van der Waals surface area contributed by atoms with Gasteiger partial charge in [-0.05, 0) is 31.0 Å². The van der Waals surface area contributed by atoms with Gasteiger partial charge in [0.15, 0.2) is 0 Å². The standard InChI is InChI=1S/C15H22ClN3O4S/c1-18(2)24(21,22)19-8-4-5-11(10-19)15(20)17-12-6-7-14(23-3)13(16)9-12/h6-7,9,11H,4-5,8,10H2,1-3H3,(H,17,20)/t11-/m1/s1. The zero-order chi connectivity index (χ0) is 17.9. The highest BCUT2D eigenvalue weighted by Crippen LogP contribution is 2.28. The molecule has 2 rings (SSSR count). The lowest BCUT2D eigenvalue weighted by atomic mass is 9.99. The van der Waals surface area contributed by atoms with E-state index < -0.39 is 16.1 Å². The predicted molar refractivity (Wildman–Crippen MR) is 93.5 cm³/mol. The SMILES string of the molecule is COc1ccc(NC(=O)[C@@H]2CCCN(S(=O)(=O)N(C)C)C2)cc1Cl. The van der Waals surface area contributed by atoms with Gasteiger partial charge in [0.05, 0.1) is 18.1 Å². The van der Waals surface area contributed by atoms with Crippen LogP contribution in [0.25, 0.3) is 0 Å². The summed E-state index contributed by atoms with van der Waals surface area (Å²) in [5, 5.41) is 3.19. The molecule has 0 aromatic heterocycles. The van der Waals surface area contributed by atoms with Crippen molar-refractivity contribution in [3.8, 4) is 5.75 Å². The predicted octanol–water partition coefficient (Wildman–Crippen LogP) is 1.81. The molecule has 1 fully saturated rings. The summed E-state index contributed by atoms with van der Waals surface area (Å²) in [6.45, 7) is 0.606. The Morgan fingerprint density at radius 2 is 2.12 bits per heavy atom. The smallest absolute Gasteiger partial charge is 0.281 e. The van der Waals surface area contributed by atoms with E-state index in [1.807, 2.05) is 0 Å². The third-order valence-electron chi connectivity index (χ3n) is 3.96. The Bertz CT molecular complexity index is 709. The molecule has 7 nitrogen and oxygen atoms in total. The number of hydrogen-bond acceptors (Lipinski definition) is 4. The summed E-state index contributed by atoms with van der Waals surface area (Å²) in [6.07, 6.45) is 1.30. The number of methoxy groups -OCH3 is 1. The van der Waals surface area contributed by atoms with Gasteiger partial charge < -0.3 is 10.1 Å². The highest BCUT2D eigenvalue weighted by molar-refractivity contribution is 7.86. The van der Waals surface area contributed by atoms with Crippen LogP contribution >= 0.6 is 11.6 Å². The van der Waals surface area contributed by atoms with E-state index in [2.05, 4.69) is 5.32 Å². The second-order valence-electron chi connectivity index (χ2n) is 5.83. The van der Waals surface area contributed by atoms with Gasteiger partial charge in [-0.2, -0.15) is 17.0 Å². The Morgan fingerprint density at radius 3 is 2.71 bits per heavy atom. The number of anilines is 1. The number of carbonyl (C=O) groups excluding carboxylic acids is 1. The maximum Gasteiger partial charge on any atom is 0.281 e. The number of carbonyl (C=O) groups is 1. The van der Waals surface area contributed by atoms with E-state index in [1.54, 1.807) is 18.2 Å². The van der Waals surface area contributed by atoms with E-state index in [-0.39, 0.29) is 12.5 Å². The average Bonchev–Trinajstić information content (AvgIpc) is 2.55. The minimum atomic E-state index is -3.51. The van der Waals surface area contributed by atoms with Crippen molar-refractivity contribution in [3.63, 3.8) is 0 Å². The third kappa shape index (κ3) is 4.18. The van der Waals surface area contributed by atoms with Crippen LogP contribution in [0.3, 0.4) is 0 Å². The van der Waals surface area contributed by atoms with Crippen LogP contribution in [0.4, 0.5) is 5.69 Å². The first-order valence-electron chi connectivity index (χ1n) is 7.57. The molecule has 0 unspecified atom stereocenters. The molecule has 1 aromatic carbocycles. The highest BCUT2D eigenvalue weighted by atomic mass is 35.5. The normalized spacial score (nSPS) is 19.3. The molecule has 1 aliphatic heterocycles. The molecule has 1 aromatic rings. The summed E-state index contributed by atoms with van der Waals surface area (Å²) in [7, 11) is 0.978. The second kappa shape index (κ2) is 7.69. The third-order valence-corrected chi connectivity index (χ3v) is 6.16. The number of benzene rings is 1. The minimum absolute atomic E-state index is 0.177. The first-order valence-corrected chi connectivity index (χ1v) is 9.35. The average molecular weight is 376 g/mol. The van der Waals surface area contributed by atoms with Gasteiger partial charge in [-0.15, -0.1) is 0 Å². The number of amides is 1. The second-order valence-corrected chi connectivity index (χ2v) is 8.38. The van der Waals surface area contributed by atoms with E-state index in [1.165, 1.54) is 25.5 Å². The molecule has 1 aliphatic rings. The van der Waals surface area contributed by atoms with Gasteiger partial charge in [-0.3, -0.25) is 4.79 Å². The van der Waals surface area contributed by atoms with Crippen molar-refractivity contribution in [2.24, 2.45) is 5.92 Å². The Hall–Kier alpha value is -1.35. The molecule has 1 saturated heterocycles. The first kappa shape index (κ1) is 19.0. The van der Waals surface area contributed by atoms with Crippen molar-refractivity contribution in [1.82, 2.24) is 8.61 Å². The lowest BCUT2D eigenvalue weighted by Crippen LogP contribution is -2.47. The monoisotopic (exact) mass is 375 g/mol. The topological polar surface area (TPSA) is 79.0 Å². The maximum atomic E-state index is 12.5. The van der Waals surface area contributed by atoms with E-state index in [4.69, 9.17) is 16.3 Å². The van der Waals surface area contributed by atoms with Gasteiger partial charge in [-0.25, -0.2) is 0 Å². The van der Waals surface area contributed by atoms with Crippen molar-refractivity contribution >= 4 is 33.4 Å². The molecule has 134 valence electrons. The lowest BCUT2D eigenvalue weighted by molar-refractivity contribution is -0.120. The van der Waals surface area contributed by atoms with Gasteiger partial charge in [0, 0.05) is 32.9 Å². The molecule has 1 amide bonds. The van der Waals surface area contributed by atoms with Crippen molar-refractivity contribution in [1.29, 1.82) is 0 Å². The lowest BCUT2D eigenvalue weighted by Gasteiger charge is -2.32. The van der Waals surface area contributed by atoms with Gasteiger partial charge in [0.2, 0.25) is 5.91 Å². The number of nitrogens with zero attached hydrogens (tertiary/aromatic N) is 2. The van der Waals surface area contributed by atoms with E-state index >= 15 is 0 Å². The number of piperidine rings is 1. The van der Waals surface area contributed by atoms with Crippen LogP contribution in [0.5, 0.6) is 5.75 Å². The Balaban J connectivity index is 2.06. The fourth-order valence-corrected chi connectivity index (χ4v) is 4.03. The van der Waals surface area contributed by atoms with Crippen molar-refractivity contribution in [2.45, 2.75) is 12.8 Å².